The van der Waals surface area contributed by atoms with Gasteiger partial charge in [-0.2, -0.15) is 0 Å². The molecule has 0 aromatic heterocycles. The number of para-hydroxylation sites is 2. The van der Waals surface area contributed by atoms with Crippen LogP contribution in [-0.4, -0.2) is 25.0 Å². The van der Waals surface area contributed by atoms with Crippen molar-refractivity contribution in [1.82, 2.24) is 5.32 Å². The van der Waals surface area contributed by atoms with Gasteiger partial charge >= 0.3 is 0 Å². The molecule has 0 aliphatic carbocycles. The highest BCUT2D eigenvalue weighted by molar-refractivity contribution is 6.33. The van der Waals surface area contributed by atoms with E-state index in [0.717, 1.165) is 0 Å². The van der Waals surface area contributed by atoms with Gasteiger partial charge in [-0.1, -0.05) is 41.9 Å². The summed E-state index contributed by atoms with van der Waals surface area (Å²) in [4.78, 5) is 23.3. The Hall–Kier alpha value is -2.53. The van der Waals surface area contributed by atoms with Gasteiger partial charge in [0, 0.05) is 0 Å². The fraction of sp³-hybridized carbons (Fsp3) is 0.125. The summed E-state index contributed by atoms with van der Waals surface area (Å²) in [6.45, 7) is -0.300. The molecule has 6 heteroatoms. The molecule has 114 valence electrons. The number of hydrogen-bond acceptors (Lipinski definition) is 3. The third kappa shape index (κ3) is 5.10. The zero-order valence-electron chi connectivity index (χ0n) is 11.7. The quantitative estimate of drug-likeness (QED) is 0.860. The molecule has 5 nitrogen and oxygen atoms in total. The normalized spacial score (nSPS) is 9.86. The molecule has 2 rings (SSSR count). The minimum Gasteiger partial charge on any atom is -0.484 e. The van der Waals surface area contributed by atoms with E-state index in [2.05, 4.69) is 10.6 Å². The highest BCUT2D eigenvalue weighted by atomic mass is 35.5. The summed E-state index contributed by atoms with van der Waals surface area (Å²) in [5.74, 6) is -0.141. The standard InChI is InChI=1S/C16H15ClN2O3/c17-13-8-4-5-9-14(13)19-15(20)10-18-16(21)11-22-12-6-2-1-3-7-12/h1-9H,10-11H2,(H,18,21)(H,19,20). The van der Waals surface area contributed by atoms with E-state index in [1.807, 2.05) is 18.2 Å². The lowest BCUT2D eigenvalue weighted by Crippen LogP contribution is -2.35. The van der Waals surface area contributed by atoms with E-state index < -0.39 is 0 Å². The number of hydrogen-bond donors (Lipinski definition) is 2. The Morgan fingerprint density at radius 1 is 0.955 bits per heavy atom. The maximum atomic E-state index is 11.7. The Balaban J connectivity index is 1.72. The summed E-state index contributed by atoms with van der Waals surface area (Å²) in [5, 5.41) is 5.53. The maximum absolute atomic E-state index is 11.7. The average molecular weight is 319 g/mol. The van der Waals surface area contributed by atoms with Crippen molar-refractivity contribution in [2.45, 2.75) is 0 Å². The van der Waals surface area contributed by atoms with Gasteiger partial charge < -0.3 is 15.4 Å². The Morgan fingerprint density at radius 3 is 2.36 bits per heavy atom. The SMILES string of the molecule is O=C(COc1ccccc1)NCC(=O)Nc1ccccc1Cl. The average Bonchev–Trinajstić information content (AvgIpc) is 2.54. The van der Waals surface area contributed by atoms with Gasteiger partial charge in [0.05, 0.1) is 17.3 Å². The first kappa shape index (κ1) is 15.9. The summed E-state index contributed by atoms with van der Waals surface area (Å²) in [6.07, 6.45) is 0. The summed E-state index contributed by atoms with van der Waals surface area (Å²) in [7, 11) is 0. The Labute approximate surface area is 133 Å². The van der Waals surface area contributed by atoms with Crippen molar-refractivity contribution < 1.29 is 14.3 Å². The second-order valence-electron chi connectivity index (χ2n) is 4.41. The van der Waals surface area contributed by atoms with Crippen LogP contribution in [0.1, 0.15) is 0 Å². The van der Waals surface area contributed by atoms with Crippen LogP contribution in [0.15, 0.2) is 54.6 Å². The molecule has 2 amide bonds. The molecule has 0 saturated carbocycles. The van der Waals surface area contributed by atoms with E-state index >= 15 is 0 Å². The first-order chi connectivity index (χ1) is 10.6. The van der Waals surface area contributed by atoms with Crippen LogP contribution >= 0.6 is 11.6 Å². The smallest absolute Gasteiger partial charge is 0.258 e. The molecule has 0 unspecified atom stereocenters. The van der Waals surface area contributed by atoms with E-state index in [1.54, 1.807) is 36.4 Å². The first-order valence-electron chi connectivity index (χ1n) is 6.64. The molecule has 0 spiro atoms. The molecule has 0 aliphatic heterocycles. The number of amides is 2. The molecular weight excluding hydrogens is 304 g/mol. The first-order valence-corrected chi connectivity index (χ1v) is 7.02. The summed E-state index contributed by atoms with van der Waals surface area (Å²) >= 11 is 5.93. The van der Waals surface area contributed by atoms with Gasteiger partial charge in [0.1, 0.15) is 5.75 Å². The molecular formula is C16H15ClN2O3. The summed E-state index contributed by atoms with van der Waals surface area (Å²) in [6, 6.07) is 15.8. The highest BCUT2D eigenvalue weighted by Gasteiger charge is 2.08. The molecule has 0 heterocycles. The van der Waals surface area contributed by atoms with Crippen molar-refractivity contribution in [3.8, 4) is 5.75 Å². The number of nitrogens with one attached hydrogen (secondary N) is 2. The molecule has 0 bridgehead atoms. The van der Waals surface area contributed by atoms with Crippen molar-refractivity contribution in [3.05, 3.63) is 59.6 Å². The number of carbonyl (C=O) groups excluding carboxylic acids is 2. The number of carbonyl (C=O) groups is 2. The minimum atomic E-state index is -0.377. The van der Waals surface area contributed by atoms with Crippen molar-refractivity contribution in [2.75, 3.05) is 18.5 Å². The van der Waals surface area contributed by atoms with Crippen molar-refractivity contribution in [1.29, 1.82) is 0 Å². The van der Waals surface area contributed by atoms with Crippen LogP contribution in [0, 0.1) is 0 Å². The zero-order chi connectivity index (χ0) is 15.8. The van der Waals surface area contributed by atoms with E-state index in [1.165, 1.54) is 0 Å². The van der Waals surface area contributed by atoms with Crippen molar-refractivity contribution in [2.24, 2.45) is 0 Å². The van der Waals surface area contributed by atoms with Crippen LogP contribution < -0.4 is 15.4 Å². The zero-order valence-corrected chi connectivity index (χ0v) is 12.5. The lowest BCUT2D eigenvalue weighted by Gasteiger charge is -2.09. The third-order valence-corrected chi connectivity index (χ3v) is 3.04. The van der Waals surface area contributed by atoms with Crippen molar-refractivity contribution >= 4 is 29.1 Å². The van der Waals surface area contributed by atoms with E-state index in [0.29, 0.717) is 16.5 Å². The van der Waals surface area contributed by atoms with Gasteiger partial charge in [-0.05, 0) is 24.3 Å². The molecule has 22 heavy (non-hydrogen) atoms. The fourth-order valence-corrected chi connectivity index (χ4v) is 1.84. The van der Waals surface area contributed by atoms with Crippen LogP contribution in [0.4, 0.5) is 5.69 Å². The molecule has 0 aliphatic rings. The van der Waals surface area contributed by atoms with Gasteiger partial charge in [-0.3, -0.25) is 9.59 Å². The monoisotopic (exact) mass is 318 g/mol. The predicted molar refractivity (Wildman–Crippen MR) is 85.0 cm³/mol. The molecule has 2 aromatic rings. The number of anilines is 1. The molecule has 0 fully saturated rings. The van der Waals surface area contributed by atoms with Crippen LogP contribution in [0.5, 0.6) is 5.75 Å². The predicted octanol–water partition coefficient (Wildman–Crippen LogP) is 2.47. The highest BCUT2D eigenvalue weighted by Crippen LogP contribution is 2.19. The lowest BCUT2D eigenvalue weighted by molar-refractivity contribution is -0.125. The maximum Gasteiger partial charge on any atom is 0.258 e. The van der Waals surface area contributed by atoms with Crippen LogP contribution in [0.3, 0.4) is 0 Å². The van der Waals surface area contributed by atoms with E-state index in [4.69, 9.17) is 16.3 Å². The fourth-order valence-electron chi connectivity index (χ4n) is 1.65. The second kappa shape index (κ2) is 8.05. The van der Waals surface area contributed by atoms with Crippen LogP contribution in [0.25, 0.3) is 0 Å². The number of halogens is 1. The van der Waals surface area contributed by atoms with Crippen molar-refractivity contribution in [3.63, 3.8) is 0 Å². The number of rotatable bonds is 6. The molecule has 2 aromatic carbocycles. The molecule has 0 radical (unpaired) electrons. The largest absolute Gasteiger partial charge is 0.484 e. The molecule has 0 atom stereocenters. The van der Waals surface area contributed by atoms with Gasteiger partial charge in [-0.15, -0.1) is 0 Å². The summed E-state index contributed by atoms with van der Waals surface area (Å²) < 4.78 is 5.27. The Morgan fingerprint density at radius 2 is 1.64 bits per heavy atom. The minimum absolute atomic E-state index is 0.149. The molecule has 0 saturated heterocycles. The van der Waals surface area contributed by atoms with E-state index in [9.17, 15) is 9.59 Å². The number of ether oxygens (including phenoxy) is 1. The van der Waals surface area contributed by atoms with Gasteiger partial charge in [0.2, 0.25) is 5.91 Å². The molecule has 2 N–H and O–H groups in total. The third-order valence-electron chi connectivity index (χ3n) is 2.71. The Kier molecular flexibility index (Phi) is 5.80. The number of benzene rings is 2. The van der Waals surface area contributed by atoms with Gasteiger partial charge in [0.15, 0.2) is 6.61 Å². The lowest BCUT2D eigenvalue weighted by atomic mass is 10.3. The Bertz CT molecular complexity index is 647. The van der Waals surface area contributed by atoms with Gasteiger partial charge in [-0.25, -0.2) is 0 Å². The van der Waals surface area contributed by atoms with E-state index in [-0.39, 0.29) is 25.0 Å². The second-order valence-corrected chi connectivity index (χ2v) is 4.81. The topological polar surface area (TPSA) is 67.4 Å². The summed E-state index contributed by atoms with van der Waals surface area (Å²) in [5.41, 5.74) is 0.504. The van der Waals surface area contributed by atoms with Crippen LogP contribution in [0.2, 0.25) is 5.02 Å². The van der Waals surface area contributed by atoms with Gasteiger partial charge in [0.25, 0.3) is 5.91 Å². The van der Waals surface area contributed by atoms with Crippen LogP contribution in [-0.2, 0) is 9.59 Å².